The van der Waals surface area contributed by atoms with Crippen molar-refractivity contribution in [2.75, 3.05) is 18.4 Å². The quantitative estimate of drug-likeness (QED) is 0.733. The minimum absolute atomic E-state index is 0.0287. The number of sulfonamides is 1. The monoisotopic (exact) mass is 418 g/mol. The minimum atomic E-state index is -3.86. The largest absolute Gasteiger partial charge is 0.324 e. The van der Waals surface area contributed by atoms with Crippen LogP contribution in [0.15, 0.2) is 47.4 Å². The number of hydrogen-bond donors (Lipinski definition) is 1. The van der Waals surface area contributed by atoms with Gasteiger partial charge < -0.3 is 5.32 Å². The number of benzene rings is 2. The molecule has 0 saturated heterocycles. The zero-order valence-electron chi connectivity index (χ0n) is 13.9. The molecule has 0 saturated carbocycles. The number of rotatable bonds is 7. The van der Waals surface area contributed by atoms with Gasteiger partial charge in [-0.25, -0.2) is 12.8 Å². The van der Waals surface area contributed by atoms with Crippen LogP contribution in [0.5, 0.6) is 0 Å². The molecule has 0 unspecified atom stereocenters. The molecule has 0 bridgehead atoms. The van der Waals surface area contributed by atoms with Crippen LogP contribution in [-0.4, -0.2) is 31.7 Å². The van der Waals surface area contributed by atoms with Crippen LogP contribution >= 0.6 is 23.2 Å². The van der Waals surface area contributed by atoms with Gasteiger partial charge in [-0.05, 0) is 48.9 Å². The molecule has 9 heteroatoms. The Kier molecular flexibility index (Phi) is 7.00. The molecule has 0 aromatic heterocycles. The molecule has 0 atom stereocenters. The normalized spacial score (nSPS) is 11.6. The van der Waals surface area contributed by atoms with Crippen molar-refractivity contribution in [2.24, 2.45) is 0 Å². The molecule has 5 nitrogen and oxygen atoms in total. The van der Waals surface area contributed by atoms with Gasteiger partial charge in [0.05, 0.1) is 22.2 Å². The van der Waals surface area contributed by atoms with Gasteiger partial charge in [0.2, 0.25) is 15.9 Å². The zero-order valence-corrected chi connectivity index (χ0v) is 16.2. The Balaban J connectivity index is 2.18. The van der Waals surface area contributed by atoms with Crippen LogP contribution in [0.3, 0.4) is 0 Å². The van der Waals surface area contributed by atoms with Gasteiger partial charge in [0.25, 0.3) is 0 Å². The molecular formula is C17H17Cl2FN2O3S. The third kappa shape index (κ3) is 5.17. The lowest BCUT2D eigenvalue weighted by atomic mass is 10.3. The summed E-state index contributed by atoms with van der Waals surface area (Å²) in [7, 11) is -3.86. The van der Waals surface area contributed by atoms with E-state index in [1.54, 1.807) is 6.92 Å². The second-order valence-electron chi connectivity index (χ2n) is 5.46. The van der Waals surface area contributed by atoms with E-state index in [1.165, 1.54) is 30.3 Å². The van der Waals surface area contributed by atoms with Crippen LogP contribution < -0.4 is 5.32 Å². The van der Waals surface area contributed by atoms with Crippen LogP contribution in [0.4, 0.5) is 10.1 Å². The molecule has 2 aromatic carbocycles. The predicted octanol–water partition coefficient (Wildman–Crippen LogP) is 4.17. The van der Waals surface area contributed by atoms with Gasteiger partial charge in [-0.1, -0.05) is 30.1 Å². The summed E-state index contributed by atoms with van der Waals surface area (Å²) >= 11 is 11.7. The molecule has 1 amide bonds. The van der Waals surface area contributed by atoms with Crippen LogP contribution in [-0.2, 0) is 14.8 Å². The number of carbonyl (C=O) groups excluding carboxylic acids is 1. The first kappa shape index (κ1) is 20.6. The fourth-order valence-corrected chi connectivity index (χ4v) is 4.06. The molecule has 0 radical (unpaired) electrons. The van der Waals surface area contributed by atoms with E-state index in [1.807, 2.05) is 0 Å². The van der Waals surface area contributed by atoms with Crippen molar-refractivity contribution in [1.29, 1.82) is 0 Å². The Bertz CT molecular complexity index is 889. The fourth-order valence-electron chi connectivity index (χ4n) is 2.23. The lowest BCUT2D eigenvalue weighted by Gasteiger charge is -2.21. The van der Waals surface area contributed by atoms with E-state index < -0.39 is 28.3 Å². The molecule has 2 aromatic rings. The molecule has 26 heavy (non-hydrogen) atoms. The second-order valence-corrected chi connectivity index (χ2v) is 8.25. The van der Waals surface area contributed by atoms with Gasteiger partial charge in [0.1, 0.15) is 5.82 Å². The number of nitrogens with zero attached hydrogens (tertiary/aromatic N) is 1. The Morgan fingerprint density at radius 3 is 2.38 bits per heavy atom. The van der Waals surface area contributed by atoms with Gasteiger partial charge in [0.15, 0.2) is 0 Å². The number of anilines is 1. The van der Waals surface area contributed by atoms with E-state index in [-0.39, 0.29) is 22.2 Å². The van der Waals surface area contributed by atoms with Crippen molar-refractivity contribution >= 4 is 44.8 Å². The van der Waals surface area contributed by atoms with Gasteiger partial charge in [-0.15, -0.1) is 0 Å². The summed E-state index contributed by atoms with van der Waals surface area (Å²) in [6, 6.07) is 9.23. The maximum absolute atomic E-state index is 13.1. The lowest BCUT2D eigenvalue weighted by molar-refractivity contribution is -0.116. The van der Waals surface area contributed by atoms with E-state index in [2.05, 4.69) is 5.32 Å². The third-order valence-electron chi connectivity index (χ3n) is 3.45. The Morgan fingerprint density at radius 1 is 1.15 bits per heavy atom. The highest BCUT2D eigenvalue weighted by Gasteiger charge is 2.26. The van der Waals surface area contributed by atoms with E-state index >= 15 is 0 Å². The fraction of sp³-hybridized carbons (Fsp3) is 0.235. The highest BCUT2D eigenvalue weighted by Crippen LogP contribution is 2.23. The maximum atomic E-state index is 13.1. The first-order valence-corrected chi connectivity index (χ1v) is 9.94. The lowest BCUT2D eigenvalue weighted by Crippen LogP contribution is -2.38. The van der Waals surface area contributed by atoms with Gasteiger partial charge in [-0.2, -0.15) is 4.31 Å². The summed E-state index contributed by atoms with van der Waals surface area (Å²) < 4.78 is 39.7. The standard InChI is InChI=1S/C17H17Cl2FN2O3S/c1-2-9-22(26(24,25)14-6-3-12(18)4-7-14)11-17(23)21-16-8-5-13(20)10-15(16)19/h3-8,10H,2,9,11H2,1H3,(H,21,23). The number of hydrogen-bond acceptors (Lipinski definition) is 3. The second kappa shape index (κ2) is 8.81. The van der Waals surface area contributed by atoms with Crippen molar-refractivity contribution in [3.8, 4) is 0 Å². The molecule has 140 valence electrons. The average molecular weight is 419 g/mol. The summed E-state index contributed by atoms with van der Waals surface area (Å²) in [5.41, 5.74) is 0.207. The van der Waals surface area contributed by atoms with Crippen LogP contribution in [0, 0.1) is 5.82 Å². The zero-order chi connectivity index (χ0) is 19.3. The summed E-state index contributed by atoms with van der Waals surface area (Å²) in [5.74, 6) is -1.12. The Hall–Kier alpha value is -1.67. The first-order valence-electron chi connectivity index (χ1n) is 7.74. The highest BCUT2D eigenvalue weighted by atomic mass is 35.5. The molecule has 0 spiro atoms. The van der Waals surface area contributed by atoms with Crippen molar-refractivity contribution in [3.63, 3.8) is 0 Å². The van der Waals surface area contributed by atoms with Crippen LogP contribution in [0.1, 0.15) is 13.3 Å². The Labute approximate surface area is 161 Å². The summed E-state index contributed by atoms with van der Waals surface area (Å²) in [4.78, 5) is 12.3. The van der Waals surface area contributed by atoms with Crippen LogP contribution in [0.25, 0.3) is 0 Å². The molecule has 0 aliphatic rings. The summed E-state index contributed by atoms with van der Waals surface area (Å²) in [6.45, 7) is 1.57. The summed E-state index contributed by atoms with van der Waals surface area (Å²) in [5, 5.41) is 2.93. The average Bonchev–Trinajstić information content (AvgIpc) is 2.57. The number of nitrogens with one attached hydrogen (secondary N) is 1. The maximum Gasteiger partial charge on any atom is 0.243 e. The van der Waals surface area contributed by atoms with Crippen molar-refractivity contribution in [3.05, 3.63) is 58.3 Å². The molecule has 0 fully saturated rings. The smallest absolute Gasteiger partial charge is 0.243 e. The molecular weight excluding hydrogens is 402 g/mol. The van der Waals surface area contributed by atoms with Gasteiger partial charge >= 0.3 is 0 Å². The van der Waals surface area contributed by atoms with E-state index in [4.69, 9.17) is 23.2 Å². The molecule has 1 N–H and O–H groups in total. The van der Waals surface area contributed by atoms with Gasteiger partial charge in [-0.3, -0.25) is 4.79 Å². The summed E-state index contributed by atoms with van der Waals surface area (Å²) in [6.07, 6.45) is 0.525. The number of amides is 1. The van der Waals surface area contributed by atoms with E-state index in [0.29, 0.717) is 11.4 Å². The Morgan fingerprint density at radius 2 is 1.81 bits per heavy atom. The number of halogens is 3. The predicted molar refractivity (Wildman–Crippen MR) is 101 cm³/mol. The SMILES string of the molecule is CCCN(CC(=O)Nc1ccc(F)cc1Cl)S(=O)(=O)c1ccc(Cl)cc1. The van der Waals surface area contributed by atoms with Crippen LogP contribution in [0.2, 0.25) is 10.0 Å². The highest BCUT2D eigenvalue weighted by molar-refractivity contribution is 7.89. The topological polar surface area (TPSA) is 66.5 Å². The molecule has 0 heterocycles. The minimum Gasteiger partial charge on any atom is -0.324 e. The van der Waals surface area contributed by atoms with E-state index in [0.717, 1.165) is 16.4 Å². The van der Waals surface area contributed by atoms with Crippen molar-refractivity contribution in [1.82, 2.24) is 4.31 Å². The molecule has 2 rings (SSSR count). The first-order chi connectivity index (χ1) is 12.2. The van der Waals surface area contributed by atoms with Crippen molar-refractivity contribution in [2.45, 2.75) is 18.2 Å². The van der Waals surface area contributed by atoms with Crippen molar-refractivity contribution < 1.29 is 17.6 Å². The third-order valence-corrected chi connectivity index (χ3v) is 5.87. The molecule has 0 aliphatic carbocycles. The number of carbonyl (C=O) groups is 1. The van der Waals surface area contributed by atoms with Gasteiger partial charge in [0, 0.05) is 11.6 Å². The molecule has 0 aliphatic heterocycles. The van der Waals surface area contributed by atoms with E-state index in [9.17, 15) is 17.6 Å².